The van der Waals surface area contributed by atoms with Crippen LogP contribution in [0, 0.1) is 5.82 Å². The summed E-state index contributed by atoms with van der Waals surface area (Å²) in [6.45, 7) is 0.651. The molecule has 0 radical (unpaired) electrons. The normalized spacial score (nSPS) is 10.5. The molecule has 0 saturated heterocycles. The molecule has 0 aliphatic heterocycles. The van der Waals surface area contributed by atoms with Crippen molar-refractivity contribution in [1.29, 1.82) is 0 Å². The van der Waals surface area contributed by atoms with E-state index < -0.39 is 5.82 Å². The van der Waals surface area contributed by atoms with Gasteiger partial charge in [-0.25, -0.2) is 9.37 Å². The largest absolute Gasteiger partial charge is 0.434 e. The first kappa shape index (κ1) is 14.2. The minimum Gasteiger partial charge on any atom is -0.434 e. The monoisotopic (exact) mass is 344 g/mol. The van der Waals surface area contributed by atoms with Gasteiger partial charge >= 0.3 is 0 Å². The van der Waals surface area contributed by atoms with Crippen LogP contribution in [0.4, 0.5) is 4.39 Å². The van der Waals surface area contributed by atoms with Crippen molar-refractivity contribution in [2.24, 2.45) is 0 Å². The third kappa shape index (κ3) is 3.65. The number of pyridine rings is 1. The highest BCUT2D eigenvalue weighted by molar-refractivity contribution is 9.10. The second kappa shape index (κ2) is 6.32. The summed E-state index contributed by atoms with van der Waals surface area (Å²) >= 11 is 9.31. The van der Waals surface area contributed by atoms with Gasteiger partial charge in [-0.1, -0.05) is 27.5 Å². The van der Waals surface area contributed by atoms with Crippen LogP contribution in [0.3, 0.4) is 0 Å². The van der Waals surface area contributed by atoms with E-state index in [9.17, 15) is 4.39 Å². The van der Waals surface area contributed by atoms with E-state index in [0.29, 0.717) is 16.0 Å². The van der Waals surface area contributed by atoms with Gasteiger partial charge in [0.25, 0.3) is 0 Å². The topological polar surface area (TPSA) is 34.2 Å². The molecule has 6 heteroatoms. The molecule has 1 aromatic carbocycles. The number of ether oxygens (including phenoxy) is 1. The maximum Gasteiger partial charge on any atom is 0.238 e. The standard InChI is InChI=1S/C13H11BrClFN2O/c1-17-6-8-4-10(15)13(18-7-8)19-12-5-9(14)2-3-11(12)16/h2-5,7,17H,6H2,1H3. The molecule has 1 N–H and O–H groups in total. The average Bonchev–Trinajstić information content (AvgIpc) is 2.37. The van der Waals surface area contributed by atoms with Crippen molar-refractivity contribution in [2.75, 3.05) is 7.05 Å². The minimum absolute atomic E-state index is 0.0742. The Morgan fingerprint density at radius 3 is 2.89 bits per heavy atom. The zero-order valence-electron chi connectivity index (χ0n) is 10.1. The van der Waals surface area contributed by atoms with Gasteiger partial charge in [0, 0.05) is 17.2 Å². The second-order valence-corrected chi connectivity index (χ2v) is 5.16. The summed E-state index contributed by atoms with van der Waals surface area (Å²) in [7, 11) is 1.83. The smallest absolute Gasteiger partial charge is 0.238 e. The van der Waals surface area contributed by atoms with Crippen molar-refractivity contribution < 1.29 is 9.13 Å². The number of aromatic nitrogens is 1. The first-order valence-corrected chi connectivity index (χ1v) is 6.69. The Balaban J connectivity index is 2.25. The summed E-state index contributed by atoms with van der Waals surface area (Å²) in [5.41, 5.74) is 0.926. The third-order valence-corrected chi connectivity index (χ3v) is 3.11. The van der Waals surface area contributed by atoms with Crippen LogP contribution in [-0.2, 0) is 6.54 Å². The molecule has 0 bridgehead atoms. The molecule has 0 aliphatic carbocycles. The lowest BCUT2D eigenvalue weighted by atomic mass is 10.3. The Hall–Kier alpha value is -1.17. The van der Waals surface area contributed by atoms with E-state index in [1.165, 1.54) is 12.1 Å². The molecule has 2 rings (SSSR count). The average molecular weight is 346 g/mol. The summed E-state index contributed by atoms with van der Waals surface area (Å²) in [5, 5.41) is 3.33. The predicted octanol–water partition coefficient (Wildman–Crippen LogP) is 4.15. The number of halogens is 3. The maximum atomic E-state index is 13.6. The minimum atomic E-state index is -0.472. The van der Waals surface area contributed by atoms with Crippen LogP contribution in [0.25, 0.3) is 0 Å². The number of nitrogens with one attached hydrogen (secondary N) is 1. The van der Waals surface area contributed by atoms with Crippen molar-refractivity contribution in [1.82, 2.24) is 10.3 Å². The highest BCUT2D eigenvalue weighted by atomic mass is 79.9. The number of hydrogen-bond acceptors (Lipinski definition) is 3. The van der Waals surface area contributed by atoms with Gasteiger partial charge in [0.1, 0.15) is 5.02 Å². The molecule has 1 aromatic heterocycles. The van der Waals surface area contributed by atoms with E-state index in [2.05, 4.69) is 26.2 Å². The van der Waals surface area contributed by atoms with Gasteiger partial charge in [0.15, 0.2) is 11.6 Å². The number of nitrogens with zero attached hydrogens (tertiary/aromatic N) is 1. The van der Waals surface area contributed by atoms with Crippen molar-refractivity contribution in [2.45, 2.75) is 6.54 Å². The summed E-state index contributed by atoms with van der Waals surface area (Å²) in [4.78, 5) is 4.09. The number of rotatable bonds is 4. The van der Waals surface area contributed by atoms with E-state index in [1.807, 2.05) is 7.05 Å². The number of hydrogen-bond donors (Lipinski definition) is 1. The van der Waals surface area contributed by atoms with Crippen LogP contribution in [0.15, 0.2) is 34.9 Å². The van der Waals surface area contributed by atoms with Gasteiger partial charge in [-0.15, -0.1) is 0 Å². The molecule has 2 aromatic rings. The molecular weight excluding hydrogens is 335 g/mol. The molecule has 0 unspecified atom stereocenters. The molecule has 0 atom stereocenters. The highest BCUT2D eigenvalue weighted by Crippen LogP contribution is 2.30. The third-order valence-electron chi connectivity index (χ3n) is 2.34. The van der Waals surface area contributed by atoms with Gasteiger partial charge in [-0.05, 0) is 36.9 Å². The van der Waals surface area contributed by atoms with Gasteiger partial charge in [-0.2, -0.15) is 0 Å². The molecule has 0 aliphatic rings. The van der Waals surface area contributed by atoms with Gasteiger partial charge < -0.3 is 10.1 Å². The lowest BCUT2D eigenvalue weighted by Crippen LogP contribution is -2.05. The zero-order valence-corrected chi connectivity index (χ0v) is 12.4. The van der Waals surface area contributed by atoms with E-state index in [4.69, 9.17) is 16.3 Å². The Labute approximate surface area is 123 Å². The van der Waals surface area contributed by atoms with E-state index in [1.54, 1.807) is 18.3 Å². The van der Waals surface area contributed by atoms with E-state index >= 15 is 0 Å². The van der Waals surface area contributed by atoms with E-state index in [-0.39, 0.29) is 11.6 Å². The Morgan fingerprint density at radius 1 is 1.42 bits per heavy atom. The SMILES string of the molecule is CNCc1cnc(Oc2cc(Br)ccc2F)c(Cl)c1. The summed E-state index contributed by atoms with van der Waals surface area (Å²) in [5.74, 6) is -0.218. The first-order valence-electron chi connectivity index (χ1n) is 5.52. The fraction of sp³-hybridized carbons (Fsp3) is 0.154. The predicted molar refractivity (Wildman–Crippen MR) is 76.2 cm³/mol. The van der Waals surface area contributed by atoms with E-state index in [0.717, 1.165) is 5.56 Å². The Morgan fingerprint density at radius 2 is 2.21 bits per heavy atom. The number of benzene rings is 1. The van der Waals surface area contributed by atoms with Gasteiger partial charge in [0.05, 0.1) is 0 Å². The van der Waals surface area contributed by atoms with Crippen LogP contribution in [0.1, 0.15) is 5.56 Å². The molecule has 19 heavy (non-hydrogen) atoms. The van der Waals surface area contributed by atoms with Crippen LogP contribution >= 0.6 is 27.5 Å². The molecule has 0 amide bonds. The highest BCUT2D eigenvalue weighted by Gasteiger charge is 2.10. The fourth-order valence-electron chi connectivity index (χ4n) is 1.50. The Kier molecular flexibility index (Phi) is 4.74. The molecule has 0 spiro atoms. The van der Waals surface area contributed by atoms with Crippen molar-refractivity contribution in [3.05, 3.63) is 51.3 Å². The van der Waals surface area contributed by atoms with Crippen molar-refractivity contribution >= 4 is 27.5 Å². The zero-order chi connectivity index (χ0) is 13.8. The van der Waals surface area contributed by atoms with Crippen molar-refractivity contribution in [3.63, 3.8) is 0 Å². The quantitative estimate of drug-likeness (QED) is 0.904. The lowest BCUT2D eigenvalue weighted by molar-refractivity contribution is 0.427. The lowest BCUT2D eigenvalue weighted by Gasteiger charge is -2.09. The van der Waals surface area contributed by atoms with Gasteiger partial charge in [-0.3, -0.25) is 0 Å². The van der Waals surface area contributed by atoms with Crippen LogP contribution in [-0.4, -0.2) is 12.0 Å². The molecule has 1 heterocycles. The Bertz CT molecular complexity index is 595. The fourth-order valence-corrected chi connectivity index (χ4v) is 2.07. The second-order valence-electron chi connectivity index (χ2n) is 3.84. The molecule has 3 nitrogen and oxygen atoms in total. The van der Waals surface area contributed by atoms with Crippen LogP contribution in [0.5, 0.6) is 11.6 Å². The summed E-state index contributed by atoms with van der Waals surface area (Å²) < 4.78 is 19.7. The molecule has 100 valence electrons. The summed E-state index contributed by atoms with van der Waals surface area (Å²) in [6, 6.07) is 6.15. The first-order chi connectivity index (χ1) is 9.10. The molecule has 0 fully saturated rings. The molecule has 0 saturated carbocycles. The maximum absolute atomic E-state index is 13.6. The molecular formula is C13H11BrClFN2O. The van der Waals surface area contributed by atoms with Crippen LogP contribution in [0.2, 0.25) is 5.02 Å². The van der Waals surface area contributed by atoms with Crippen LogP contribution < -0.4 is 10.1 Å². The van der Waals surface area contributed by atoms with Gasteiger partial charge in [0.2, 0.25) is 5.88 Å². The summed E-state index contributed by atoms with van der Waals surface area (Å²) in [6.07, 6.45) is 1.63. The van der Waals surface area contributed by atoms with Crippen molar-refractivity contribution in [3.8, 4) is 11.6 Å².